The van der Waals surface area contributed by atoms with Crippen molar-refractivity contribution in [3.63, 3.8) is 0 Å². The van der Waals surface area contributed by atoms with E-state index in [1.807, 2.05) is 12.1 Å². The summed E-state index contributed by atoms with van der Waals surface area (Å²) >= 11 is 0. The smallest absolute Gasteiger partial charge is 0.242 e. The van der Waals surface area contributed by atoms with Crippen molar-refractivity contribution in [3.8, 4) is 0 Å². The fourth-order valence-electron chi connectivity index (χ4n) is 2.81. The Kier molecular flexibility index (Phi) is 5.80. The van der Waals surface area contributed by atoms with Gasteiger partial charge in [-0.25, -0.2) is 12.7 Å². The second-order valence-electron chi connectivity index (χ2n) is 6.41. The van der Waals surface area contributed by atoms with E-state index in [4.69, 9.17) is 0 Å². The van der Waals surface area contributed by atoms with Crippen LogP contribution in [0.5, 0.6) is 0 Å². The molecule has 0 aliphatic carbocycles. The van der Waals surface area contributed by atoms with Gasteiger partial charge in [0, 0.05) is 27.2 Å². The maximum Gasteiger partial charge on any atom is 0.242 e. The van der Waals surface area contributed by atoms with E-state index in [0.717, 1.165) is 12.1 Å². The van der Waals surface area contributed by atoms with Crippen molar-refractivity contribution in [2.75, 3.05) is 14.1 Å². The quantitative estimate of drug-likeness (QED) is 0.874. The fourth-order valence-corrected chi connectivity index (χ4v) is 3.71. The second kappa shape index (κ2) is 7.47. The molecule has 0 radical (unpaired) electrons. The number of sulfonamides is 1. The molecule has 0 saturated heterocycles. The van der Waals surface area contributed by atoms with Crippen LogP contribution in [0.1, 0.15) is 27.8 Å². The number of hydrogen-bond acceptors (Lipinski definition) is 3. The van der Waals surface area contributed by atoms with Crippen molar-refractivity contribution in [2.24, 2.45) is 0 Å². The molecule has 0 spiro atoms. The van der Waals surface area contributed by atoms with Gasteiger partial charge in [-0.2, -0.15) is 0 Å². The van der Waals surface area contributed by atoms with Crippen molar-refractivity contribution < 1.29 is 8.42 Å². The summed E-state index contributed by atoms with van der Waals surface area (Å²) in [6, 6.07) is 11.4. The van der Waals surface area contributed by atoms with E-state index in [-0.39, 0.29) is 0 Å². The summed E-state index contributed by atoms with van der Waals surface area (Å²) < 4.78 is 25.3. The number of aryl methyl sites for hydroxylation is 3. The Morgan fingerprint density at radius 3 is 1.96 bits per heavy atom. The summed E-state index contributed by atoms with van der Waals surface area (Å²) in [5.74, 6) is 0. The Morgan fingerprint density at radius 1 is 0.917 bits per heavy atom. The summed E-state index contributed by atoms with van der Waals surface area (Å²) in [5.41, 5.74) is 6.27. The van der Waals surface area contributed by atoms with E-state index in [9.17, 15) is 8.42 Å². The molecule has 0 aromatic heterocycles. The third kappa shape index (κ3) is 4.23. The highest BCUT2D eigenvalue weighted by atomic mass is 32.2. The van der Waals surface area contributed by atoms with Gasteiger partial charge in [0.15, 0.2) is 0 Å². The van der Waals surface area contributed by atoms with E-state index in [2.05, 4.69) is 38.2 Å². The molecule has 0 saturated carbocycles. The molecule has 0 heterocycles. The van der Waals surface area contributed by atoms with E-state index in [0.29, 0.717) is 11.4 Å². The lowest BCUT2D eigenvalue weighted by atomic mass is 10.00. The van der Waals surface area contributed by atoms with Gasteiger partial charge in [-0.3, -0.25) is 0 Å². The lowest BCUT2D eigenvalue weighted by Crippen LogP contribution is -2.22. The first-order valence-corrected chi connectivity index (χ1v) is 9.44. The minimum absolute atomic E-state index is 0.321. The van der Waals surface area contributed by atoms with Gasteiger partial charge in [-0.15, -0.1) is 0 Å². The summed E-state index contributed by atoms with van der Waals surface area (Å²) in [6.07, 6.45) is 0. The molecule has 0 unspecified atom stereocenters. The number of rotatable bonds is 6. The Balaban J connectivity index is 2.01. The zero-order valence-corrected chi connectivity index (χ0v) is 15.9. The molecule has 2 aromatic carbocycles. The predicted molar refractivity (Wildman–Crippen MR) is 98.5 cm³/mol. The van der Waals surface area contributed by atoms with Crippen LogP contribution in [0.25, 0.3) is 0 Å². The number of hydrogen-bond donors (Lipinski definition) is 1. The van der Waals surface area contributed by atoms with Crippen LogP contribution in [0.3, 0.4) is 0 Å². The normalized spacial score (nSPS) is 11.9. The zero-order chi connectivity index (χ0) is 17.9. The minimum atomic E-state index is -3.36. The molecule has 1 N–H and O–H groups in total. The molecule has 0 bridgehead atoms. The summed E-state index contributed by atoms with van der Waals surface area (Å²) in [4.78, 5) is 0.321. The molecule has 2 rings (SSSR count). The van der Waals surface area contributed by atoms with Gasteiger partial charge >= 0.3 is 0 Å². The first kappa shape index (κ1) is 18.6. The molecule has 2 aromatic rings. The van der Waals surface area contributed by atoms with Crippen molar-refractivity contribution in [1.82, 2.24) is 9.62 Å². The lowest BCUT2D eigenvalue weighted by molar-refractivity contribution is 0.520. The van der Waals surface area contributed by atoms with Crippen molar-refractivity contribution >= 4 is 10.0 Å². The maximum atomic E-state index is 12.1. The molecule has 130 valence electrons. The van der Waals surface area contributed by atoms with Gasteiger partial charge in [0.1, 0.15) is 0 Å². The highest BCUT2D eigenvalue weighted by molar-refractivity contribution is 7.89. The Morgan fingerprint density at radius 2 is 1.46 bits per heavy atom. The molecule has 0 aliphatic rings. The minimum Gasteiger partial charge on any atom is -0.309 e. The second-order valence-corrected chi connectivity index (χ2v) is 8.56. The molecule has 4 nitrogen and oxygen atoms in total. The average molecular weight is 346 g/mol. The monoisotopic (exact) mass is 346 g/mol. The van der Waals surface area contributed by atoms with E-state index < -0.39 is 10.0 Å². The van der Waals surface area contributed by atoms with Crippen LogP contribution in [-0.4, -0.2) is 26.8 Å². The number of nitrogens with zero attached hydrogens (tertiary/aromatic N) is 1. The van der Waals surface area contributed by atoms with Crippen LogP contribution in [0.4, 0.5) is 0 Å². The van der Waals surface area contributed by atoms with Crippen LogP contribution >= 0.6 is 0 Å². The standard InChI is InChI=1S/C19H26N2O2S/c1-14-10-15(2)19(16(3)11-14)13-20-12-17-6-8-18(9-7-17)24(22,23)21(4)5/h6-11,20H,12-13H2,1-5H3. The van der Waals surface area contributed by atoms with Gasteiger partial charge in [-0.05, 0) is 55.2 Å². The average Bonchev–Trinajstić information content (AvgIpc) is 2.50. The molecule has 0 atom stereocenters. The summed E-state index contributed by atoms with van der Waals surface area (Å²) in [5, 5.41) is 3.44. The van der Waals surface area contributed by atoms with Crippen LogP contribution in [0, 0.1) is 20.8 Å². The molecular weight excluding hydrogens is 320 g/mol. The van der Waals surface area contributed by atoms with Crippen LogP contribution < -0.4 is 5.32 Å². The van der Waals surface area contributed by atoms with Crippen LogP contribution in [-0.2, 0) is 23.1 Å². The molecule has 24 heavy (non-hydrogen) atoms. The maximum absolute atomic E-state index is 12.1. The highest BCUT2D eigenvalue weighted by Gasteiger charge is 2.16. The van der Waals surface area contributed by atoms with Gasteiger partial charge in [0.05, 0.1) is 4.90 Å². The Hall–Kier alpha value is -1.69. The zero-order valence-electron chi connectivity index (χ0n) is 15.1. The molecule has 0 fully saturated rings. The SMILES string of the molecule is Cc1cc(C)c(CNCc2ccc(S(=O)(=O)N(C)C)cc2)c(C)c1. The topological polar surface area (TPSA) is 49.4 Å². The van der Waals surface area contributed by atoms with Crippen molar-refractivity contribution in [2.45, 2.75) is 38.8 Å². The third-order valence-electron chi connectivity index (χ3n) is 4.17. The molecule has 0 amide bonds. The Labute approximate surface area is 145 Å². The third-order valence-corrected chi connectivity index (χ3v) is 6.00. The van der Waals surface area contributed by atoms with Crippen molar-refractivity contribution in [1.29, 1.82) is 0 Å². The predicted octanol–water partition coefficient (Wildman–Crippen LogP) is 3.15. The molecule has 0 aliphatic heterocycles. The van der Waals surface area contributed by atoms with Crippen molar-refractivity contribution in [3.05, 3.63) is 64.2 Å². The fraction of sp³-hybridized carbons (Fsp3) is 0.368. The Bertz CT molecular complexity index is 787. The summed E-state index contributed by atoms with van der Waals surface area (Å²) in [6.45, 7) is 7.89. The first-order chi connectivity index (χ1) is 11.2. The lowest BCUT2D eigenvalue weighted by Gasteiger charge is -2.13. The number of nitrogens with one attached hydrogen (secondary N) is 1. The number of benzene rings is 2. The van der Waals surface area contributed by atoms with Gasteiger partial charge in [0.25, 0.3) is 0 Å². The van der Waals surface area contributed by atoms with E-state index in [1.54, 1.807) is 12.1 Å². The molecular formula is C19H26N2O2S. The largest absolute Gasteiger partial charge is 0.309 e. The summed E-state index contributed by atoms with van der Waals surface area (Å²) in [7, 11) is -0.282. The van der Waals surface area contributed by atoms with E-state index >= 15 is 0 Å². The van der Waals surface area contributed by atoms with Crippen LogP contribution in [0.15, 0.2) is 41.3 Å². The van der Waals surface area contributed by atoms with E-state index in [1.165, 1.54) is 40.7 Å². The highest BCUT2D eigenvalue weighted by Crippen LogP contribution is 2.17. The van der Waals surface area contributed by atoms with Crippen LogP contribution in [0.2, 0.25) is 0 Å². The molecule has 5 heteroatoms. The van der Waals surface area contributed by atoms with Gasteiger partial charge in [0.2, 0.25) is 10.0 Å². The van der Waals surface area contributed by atoms with Gasteiger partial charge in [-0.1, -0.05) is 29.8 Å². The first-order valence-electron chi connectivity index (χ1n) is 8.00. The van der Waals surface area contributed by atoms with Gasteiger partial charge < -0.3 is 5.32 Å².